The Labute approximate surface area is 128 Å². The Bertz CT molecular complexity index is 560. The normalized spacial score (nSPS) is 18.3. The minimum absolute atomic E-state index is 0.0355. The fraction of sp³-hybridized carbons (Fsp3) is 0.533. The summed E-state index contributed by atoms with van der Waals surface area (Å²) >= 11 is 5.98. The molecule has 1 atom stereocenters. The number of hydrogen-bond acceptors (Lipinski definition) is 3. The molecule has 0 saturated carbocycles. The van der Waals surface area contributed by atoms with Crippen LogP contribution in [0, 0.1) is 5.92 Å². The van der Waals surface area contributed by atoms with Gasteiger partial charge in [0.05, 0.1) is 0 Å². The van der Waals surface area contributed by atoms with E-state index in [0.29, 0.717) is 23.8 Å². The van der Waals surface area contributed by atoms with Crippen LogP contribution in [0.5, 0.6) is 0 Å². The number of carbonyl (C=O) groups excluding carboxylic acids is 1. The lowest BCUT2D eigenvalue weighted by molar-refractivity contribution is -0.138. The van der Waals surface area contributed by atoms with Gasteiger partial charge in [0, 0.05) is 30.8 Å². The molecule has 0 bridgehead atoms. The molecule has 21 heavy (non-hydrogen) atoms. The lowest BCUT2D eigenvalue weighted by atomic mass is 10.1. The van der Waals surface area contributed by atoms with Gasteiger partial charge in [0.1, 0.15) is 5.15 Å². The number of carboxylic acids is 1. The van der Waals surface area contributed by atoms with E-state index in [4.69, 9.17) is 16.7 Å². The molecule has 1 fully saturated rings. The van der Waals surface area contributed by atoms with Gasteiger partial charge in [-0.1, -0.05) is 25.4 Å². The molecule has 1 aliphatic rings. The van der Waals surface area contributed by atoms with Crippen molar-refractivity contribution in [3.05, 3.63) is 28.5 Å². The van der Waals surface area contributed by atoms with E-state index in [1.807, 2.05) is 13.8 Å². The summed E-state index contributed by atoms with van der Waals surface area (Å²) in [4.78, 5) is 29.1. The Morgan fingerprint density at radius 3 is 2.81 bits per heavy atom. The predicted molar refractivity (Wildman–Crippen MR) is 79.6 cm³/mol. The number of carboxylic acid groups (broad SMARTS) is 1. The summed E-state index contributed by atoms with van der Waals surface area (Å²) in [7, 11) is 0. The highest BCUT2D eigenvalue weighted by Gasteiger charge is 2.28. The summed E-state index contributed by atoms with van der Waals surface area (Å²) in [5, 5.41) is 9.13. The molecule has 1 amide bonds. The zero-order chi connectivity index (χ0) is 15.6. The van der Waals surface area contributed by atoms with Gasteiger partial charge < -0.3 is 10.0 Å². The molecule has 0 spiro atoms. The molecule has 1 N–H and O–H groups in total. The first kappa shape index (κ1) is 15.8. The molecular weight excluding hydrogens is 292 g/mol. The summed E-state index contributed by atoms with van der Waals surface area (Å²) in [5.74, 6) is -0.695. The lowest BCUT2D eigenvalue weighted by Gasteiger charge is -2.17. The van der Waals surface area contributed by atoms with Crippen molar-refractivity contribution in [1.82, 2.24) is 9.88 Å². The van der Waals surface area contributed by atoms with Crippen molar-refractivity contribution in [3.8, 4) is 0 Å². The maximum absolute atomic E-state index is 12.5. The third-order valence-corrected chi connectivity index (χ3v) is 3.88. The Balaban J connectivity index is 2.12. The molecule has 1 aromatic heterocycles. The van der Waals surface area contributed by atoms with E-state index >= 15 is 0 Å². The third kappa shape index (κ3) is 3.94. The van der Waals surface area contributed by atoms with E-state index < -0.39 is 5.97 Å². The second kappa shape index (κ2) is 6.43. The van der Waals surface area contributed by atoms with Crippen LogP contribution in [-0.4, -0.2) is 40.0 Å². The zero-order valence-electron chi connectivity index (χ0n) is 12.2. The second-order valence-electron chi connectivity index (χ2n) is 5.76. The minimum Gasteiger partial charge on any atom is -0.481 e. The van der Waals surface area contributed by atoms with E-state index in [9.17, 15) is 9.59 Å². The zero-order valence-corrected chi connectivity index (χ0v) is 12.9. The van der Waals surface area contributed by atoms with E-state index in [-0.39, 0.29) is 24.2 Å². The summed E-state index contributed by atoms with van der Waals surface area (Å²) in [6, 6.07) is 3.34. The van der Waals surface area contributed by atoms with Gasteiger partial charge in [-0.25, -0.2) is 4.98 Å². The molecule has 1 aromatic rings. The number of hydrogen-bond donors (Lipinski definition) is 1. The van der Waals surface area contributed by atoms with Gasteiger partial charge in [-0.15, -0.1) is 0 Å². The first-order valence-electron chi connectivity index (χ1n) is 7.05. The lowest BCUT2D eigenvalue weighted by Crippen LogP contribution is -2.29. The molecule has 1 aliphatic heterocycles. The number of rotatable bonds is 4. The van der Waals surface area contributed by atoms with Crippen molar-refractivity contribution in [2.24, 2.45) is 5.92 Å². The van der Waals surface area contributed by atoms with E-state index in [1.54, 1.807) is 17.0 Å². The van der Waals surface area contributed by atoms with Crippen LogP contribution in [0.2, 0.25) is 5.15 Å². The first-order chi connectivity index (χ1) is 9.86. The van der Waals surface area contributed by atoms with Gasteiger partial charge in [0.2, 0.25) is 0 Å². The van der Waals surface area contributed by atoms with Gasteiger partial charge in [-0.3, -0.25) is 9.59 Å². The van der Waals surface area contributed by atoms with Crippen LogP contribution in [0.3, 0.4) is 0 Å². The van der Waals surface area contributed by atoms with Crippen LogP contribution < -0.4 is 0 Å². The standard InChI is InChI=1S/C15H19ClN2O3/c1-9(2)12-6-11(7-13(16)17-12)15(21)18-4-3-10(8-18)5-14(19)20/h6-7,9-10H,3-5,8H2,1-2H3,(H,19,20). The fourth-order valence-electron chi connectivity index (χ4n) is 2.55. The van der Waals surface area contributed by atoms with Crippen LogP contribution in [0.1, 0.15) is 48.7 Å². The molecule has 2 heterocycles. The van der Waals surface area contributed by atoms with E-state index in [1.165, 1.54) is 0 Å². The quantitative estimate of drug-likeness (QED) is 0.868. The van der Waals surface area contributed by atoms with Crippen molar-refractivity contribution in [2.45, 2.75) is 32.6 Å². The highest BCUT2D eigenvalue weighted by atomic mass is 35.5. The average molecular weight is 311 g/mol. The molecule has 6 heteroatoms. The van der Waals surface area contributed by atoms with Crippen molar-refractivity contribution < 1.29 is 14.7 Å². The number of carbonyl (C=O) groups is 2. The fourth-order valence-corrected chi connectivity index (χ4v) is 2.76. The number of aliphatic carboxylic acids is 1. The molecule has 1 saturated heterocycles. The minimum atomic E-state index is -0.816. The maximum Gasteiger partial charge on any atom is 0.303 e. The highest BCUT2D eigenvalue weighted by molar-refractivity contribution is 6.29. The first-order valence-corrected chi connectivity index (χ1v) is 7.43. The highest BCUT2D eigenvalue weighted by Crippen LogP contribution is 2.24. The summed E-state index contributed by atoms with van der Waals surface area (Å²) in [5.41, 5.74) is 1.31. The number of likely N-dealkylation sites (tertiary alicyclic amines) is 1. The molecule has 0 aromatic carbocycles. The van der Waals surface area contributed by atoms with E-state index in [2.05, 4.69) is 4.98 Å². The average Bonchev–Trinajstić information content (AvgIpc) is 2.84. The Kier molecular flexibility index (Phi) is 4.83. The summed E-state index contributed by atoms with van der Waals surface area (Å²) < 4.78 is 0. The van der Waals surface area contributed by atoms with Crippen molar-refractivity contribution in [2.75, 3.05) is 13.1 Å². The molecule has 1 unspecified atom stereocenters. The smallest absolute Gasteiger partial charge is 0.303 e. The van der Waals surface area contributed by atoms with Crippen LogP contribution in [0.25, 0.3) is 0 Å². The molecule has 2 rings (SSSR count). The molecule has 5 nitrogen and oxygen atoms in total. The van der Waals surface area contributed by atoms with Crippen molar-refractivity contribution >= 4 is 23.5 Å². The van der Waals surface area contributed by atoms with Gasteiger partial charge >= 0.3 is 5.97 Å². The van der Waals surface area contributed by atoms with Crippen molar-refractivity contribution in [1.29, 1.82) is 0 Å². The van der Waals surface area contributed by atoms with Crippen LogP contribution in [0.4, 0.5) is 0 Å². The number of aromatic nitrogens is 1. The topological polar surface area (TPSA) is 70.5 Å². The maximum atomic E-state index is 12.5. The van der Waals surface area contributed by atoms with Gasteiger partial charge in [0.15, 0.2) is 0 Å². The largest absolute Gasteiger partial charge is 0.481 e. The van der Waals surface area contributed by atoms with Crippen LogP contribution in [-0.2, 0) is 4.79 Å². The molecular formula is C15H19ClN2O3. The predicted octanol–water partition coefficient (Wildman–Crippen LogP) is 2.80. The summed E-state index contributed by atoms with van der Waals surface area (Å²) in [6.07, 6.45) is 0.839. The van der Waals surface area contributed by atoms with Gasteiger partial charge in [-0.2, -0.15) is 0 Å². The van der Waals surface area contributed by atoms with E-state index in [0.717, 1.165) is 12.1 Å². The Hall–Kier alpha value is -1.62. The van der Waals surface area contributed by atoms with Gasteiger partial charge in [-0.05, 0) is 30.4 Å². The SMILES string of the molecule is CC(C)c1cc(C(=O)N2CCC(CC(=O)O)C2)cc(Cl)n1. The molecule has 0 radical (unpaired) electrons. The molecule has 0 aliphatic carbocycles. The molecule has 114 valence electrons. The number of pyridine rings is 1. The van der Waals surface area contributed by atoms with Crippen LogP contribution >= 0.6 is 11.6 Å². The Morgan fingerprint density at radius 2 is 2.19 bits per heavy atom. The van der Waals surface area contributed by atoms with Gasteiger partial charge in [0.25, 0.3) is 5.91 Å². The Morgan fingerprint density at radius 1 is 1.48 bits per heavy atom. The number of nitrogens with zero attached hydrogens (tertiary/aromatic N) is 2. The monoisotopic (exact) mass is 310 g/mol. The third-order valence-electron chi connectivity index (χ3n) is 3.69. The number of halogens is 1. The van der Waals surface area contributed by atoms with Crippen LogP contribution in [0.15, 0.2) is 12.1 Å². The van der Waals surface area contributed by atoms with Crippen molar-refractivity contribution in [3.63, 3.8) is 0 Å². The second-order valence-corrected chi connectivity index (χ2v) is 6.15. The number of amides is 1. The summed E-state index contributed by atoms with van der Waals surface area (Å²) in [6.45, 7) is 5.06.